The number of hydrogen-bond acceptors (Lipinski definition) is 7. The van der Waals surface area contributed by atoms with E-state index >= 15 is 0 Å². The quantitative estimate of drug-likeness (QED) is 0.876. The van der Waals surface area contributed by atoms with E-state index in [4.69, 9.17) is 4.74 Å². The highest BCUT2D eigenvalue weighted by molar-refractivity contribution is 7.15. The average molecular weight is 365 g/mol. The predicted octanol–water partition coefficient (Wildman–Crippen LogP) is 2.38. The molecule has 0 aromatic carbocycles. The molecular weight excluding hydrogens is 345 g/mol. The Morgan fingerprint density at radius 1 is 1.52 bits per heavy atom. The molecular formula is C16H20FN5O2S. The highest BCUT2D eigenvalue weighted by Crippen LogP contribution is 2.28. The number of ether oxygens (including phenoxy) is 1. The molecule has 2 aromatic rings. The number of hydrogen-bond donors (Lipinski definition) is 1. The van der Waals surface area contributed by atoms with Gasteiger partial charge >= 0.3 is 6.01 Å². The van der Waals surface area contributed by atoms with Crippen molar-refractivity contribution in [2.75, 3.05) is 11.9 Å². The lowest BCUT2D eigenvalue weighted by molar-refractivity contribution is -0.114. The summed E-state index contributed by atoms with van der Waals surface area (Å²) in [6, 6.07) is 2.42. The topological polar surface area (TPSA) is 80.2 Å². The largest absolute Gasteiger partial charge is 0.459 e. The van der Waals surface area contributed by atoms with Gasteiger partial charge in [-0.3, -0.25) is 9.69 Å². The summed E-state index contributed by atoms with van der Waals surface area (Å²) in [4.78, 5) is 25.8. The van der Waals surface area contributed by atoms with Crippen molar-refractivity contribution in [2.45, 2.75) is 45.9 Å². The molecule has 0 radical (unpaired) electrons. The number of carbonyl (C=O) groups excluding carboxylic acids is 1. The second-order valence-electron chi connectivity index (χ2n) is 6.15. The van der Waals surface area contributed by atoms with Crippen LogP contribution >= 0.6 is 11.3 Å². The Kier molecular flexibility index (Phi) is 5.24. The zero-order valence-electron chi connectivity index (χ0n) is 14.3. The molecule has 134 valence electrons. The lowest BCUT2D eigenvalue weighted by Gasteiger charge is -2.19. The van der Waals surface area contributed by atoms with Gasteiger partial charge in [-0.2, -0.15) is 9.37 Å². The third kappa shape index (κ3) is 4.49. The molecule has 0 bridgehead atoms. The Balaban J connectivity index is 1.62. The van der Waals surface area contributed by atoms with Crippen molar-refractivity contribution in [2.24, 2.45) is 0 Å². The SMILES string of the molecule is CC(=O)Nc1nc(F)c(CN2C[C@H](Oc3nccc(C)n3)C[C@@H]2C)s1. The highest BCUT2D eigenvalue weighted by atomic mass is 32.1. The van der Waals surface area contributed by atoms with Crippen LogP contribution < -0.4 is 10.1 Å². The summed E-state index contributed by atoms with van der Waals surface area (Å²) in [6.07, 6.45) is 2.45. The maximum Gasteiger partial charge on any atom is 0.316 e. The molecule has 1 N–H and O–H groups in total. The number of carbonyl (C=O) groups is 1. The molecule has 0 spiro atoms. The first kappa shape index (κ1) is 17.7. The summed E-state index contributed by atoms with van der Waals surface area (Å²) in [5.74, 6) is -0.797. The molecule has 0 unspecified atom stereocenters. The van der Waals surface area contributed by atoms with Crippen LogP contribution in [0.3, 0.4) is 0 Å². The minimum absolute atomic E-state index is 0.0393. The van der Waals surface area contributed by atoms with E-state index in [2.05, 4.69) is 32.1 Å². The Labute approximate surface area is 149 Å². The van der Waals surface area contributed by atoms with Crippen LogP contribution in [0.1, 0.15) is 30.8 Å². The Bertz CT molecular complexity index is 769. The van der Waals surface area contributed by atoms with Gasteiger partial charge in [0.05, 0.1) is 4.88 Å². The average Bonchev–Trinajstić information content (AvgIpc) is 3.02. The second kappa shape index (κ2) is 7.40. The van der Waals surface area contributed by atoms with Crippen molar-refractivity contribution in [1.29, 1.82) is 0 Å². The van der Waals surface area contributed by atoms with Crippen LogP contribution in [0.5, 0.6) is 6.01 Å². The standard InChI is InChI=1S/C16H20FN5O2S/c1-9-4-5-18-15(19-9)24-12-6-10(2)22(7-12)8-13-14(17)21-16(25-13)20-11(3)23/h4-5,10,12H,6-8H2,1-3H3,(H,20,21,23)/t10-,12+/m0/s1. The Hall–Kier alpha value is -2.13. The van der Waals surface area contributed by atoms with E-state index in [0.29, 0.717) is 24.0 Å². The van der Waals surface area contributed by atoms with Crippen molar-refractivity contribution < 1.29 is 13.9 Å². The van der Waals surface area contributed by atoms with Crippen molar-refractivity contribution in [1.82, 2.24) is 19.9 Å². The van der Waals surface area contributed by atoms with Crippen LogP contribution in [0.15, 0.2) is 12.3 Å². The first-order chi connectivity index (χ1) is 11.9. The molecule has 7 nitrogen and oxygen atoms in total. The van der Waals surface area contributed by atoms with E-state index < -0.39 is 5.95 Å². The van der Waals surface area contributed by atoms with Crippen molar-refractivity contribution >= 4 is 22.4 Å². The van der Waals surface area contributed by atoms with Gasteiger partial charge in [0.25, 0.3) is 0 Å². The Morgan fingerprint density at radius 3 is 3.04 bits per heavy atom. The molecule has 1 fully saturated rings. The number of nitrogens with one attached hydrogen (secondary N) is 1. The molecule has 1 aliphatic heterocycles. The van der Waals surface area contributed by atoms with Crippen LogP contribution in [0.2, 0.25) is 0 Å². The number of aromatic nitrogens is 3. The Morgan fingerprint density at radius 2 is 2.32 bits per heavy atom. The van der Waals surface area contributed by atoms with E-state index in [9.17, 15) is 9.18 Å². The van der Waals surface area contributed by atoms with Gasteiger partial charge in [0.15, 0.2) is 5.13 Å². The number of aryl methyl sites for hydroxylation is 1. The molecule has 1 amide bonds. The van der Waals surface area contributed by atoms with Gasteiger partial charge in [0.1, 0.15) is 6.10 Å². The molecule has 25 heavy (non-hydrogen) atoms. The molecule has 3 rings (SSSR count). The van der Waals surface area contributed by atoms with Crippen LogP contribution in [-0.2, 0) is 11.3 Å². The van der Waals surface area contributed by atoms with Crippen molar-refractivity contribution in [3.05, 3.63) is 28.8 Å². The summed E-state index contributed by atoms with van der Waals surface area (Å²) in [5.41, 5.74) is 0.852. The van der Waals surface area contributed by atoms with Crippen molar-refractivity contribution in [3.8, 4) is 6.01 Å². The molecule has 0 saturated carbocycles. The number of nitrogens with zero attached hydrogens (tertiary/aromatic N) is 4. The van der Waals surface area contributed by atoms with E-state index in [1.807, 2.05) is 13.0 Å². The molecule has 3 heterocycles. The van der Waals surface area contributed by atoms with Gasteiger partial charge in [0, 0.05) is 44.4 Å². The zero-order valence-corrected chi connectivity index (χ0v) is 15.1. The second-order valence-corrected chi connectivity index (χ2v) is 7.23. The maximum atomic E-state index is 14.0. The first-order valence-electron chi connectivity index (χ1n) is 8.04. The molecule has 9 heteroatoms. The van der Waals surface area contributed by atoms with Gasteiger partial charge in [-0.15, -0.1) is 0 Å². The van der Waals surface area contributed by atoms with E-state index in [1.54, 1.807) is 6.20 Å². The summed E-state index contributed by atoms with van der Waals surface area (Å²) in [5, 5.41) is 2.80. The van der Waals surface area contributed by atoms with Crippen LogP contribution in [0.25, 0.3) is 0 Å². The van der Waals surface area contributed by atoms with E-state index in [0.717, 1.165) is 23.5 Å². The van der Waals surface area contributed by atoms with Crippen LogP contribution in [-0.4, -0.2) is 44.4 Å². The maximum absolute atomic E-state index is 14.0. The van der Waals surface area contributed by atoms with Crippen LogP contribution in [0, 0.1) is 12.9 Å². The van der Waals surface area contributed by atoms with Crippen LogP contribution in [0.4, 0.5) is 9.52 Å². The number of amides is 1. The molecule has 1 saturated heterocycles. The normalized spacial score (nSPS) is 20.6. The fourth-order valence-electron chi connectivity index (χ4n) is 2.80. The number of likely N-dealkylation sites (tertiary alicyclic amines) is 1. The van der Waals surface area contributed by atoms with Gasteiger partial charge in [-0.05, 0) is 19.9 Å². The fourth-order valence-corrected chi connectivity index (χ4v) is 3.72. The zero-order chi connectivity index (χ0) is 18.0. The minimum Gasteiger partial charge on any atom is -0.459 e. The number of thiazole rings is 1. The molecule has 2 aromatic heterocycles. The monoisotopic (exact) mass is 365 g/mol. The summed E-state index contributed by atoms with van der Waals surface area (Å²) in [6.45, 7) is 6.42. The predicted molar refractivity (Wildman–Crippen MR) is 92.0 cm³/mol. The molecule has 1 aliphatic rings. The highest BCUT2D eigenvalue weighted by Gasteiger charge is 2.32. The van der Waals surface area contributed by atoms with E-state index in [1.165, 1.54) is 6.92 Å². The van der Waals surface area contributed by atoms with E-state index in [-0.39, 0.29) is 23.2 Å². The van der Waals surface area contributed by atoms with Gasteiger partial charge in [-0.1, -0.05) is 11.3 Å². The third-order valence-electron chi connectivity index (χ3n) is 3.99. The number of halogens is 1. The number of anilines is 1. The third-order valence-corrected chi connectivity index (χ3v) is 4.92. The van der Waals surface area contributed by atoms with Crippen molar-refractivity contribution in [3.63, 3.8) is 0 Å². The number of rotatable bonds is 5. The summed E-state index contributed by atoms with van der Waals surface area (Å²) in [7, 11) is 0. The lowest BCUT2D eigenvalue weighted by atomic mass is 10.2. The fraction of sp³-hybridized carbons (Fsp3) is 0.500. The first-order valence-corrected chi connectivity index (χ1v) is 8.85. The van der Waals surface area contributed by atoms with Gasteiger partial charge < -0.3 is 10.1 Å². The van der Waals surface area contributed by atoms with Gasteiger partial charge in [-0.25, -0.2) is 9.97 Å². The summed E-state index contributed by atoms with van der Waals surface area (Å²) >= 11 is 1.16. The minimum atomic E-state index is -0.535. The lowest BCUT2D eigenvalue weighted by Crippen LogP contribution is -2.28. The molecule has 0 aliphatic carbocycles. The smallest absolute Gasteiger partial charge is 0.316 e. The van der Waals surface area contributed by atoms with Gasteiger partial charge in [0.2, 0.25) is 11.9 Å². The summed E-state index contributed by atoms with van der Waals surface area (Å²) < 4.78 is 19.9. The molecule has 2 atom stereocenters.